The van der Waals surface area contributed by atoms with E-state index in [1.165, 1.54) is 23.1 Å². The van der Waals surface area contributed by atoms with Crippen LogP contribution in [0, 0.1) is 10.1 Å². The van der Waals surface area contributed by atoms with Gasteiger partial charge in [-0.15, -0.1) is 0 Å². The average molecular weight is 406 g/mol. The number of furan rings is 1. The molecule has 8 heteroatoms. The summed E-state index contributed by atoms with van der Waals surface area (Å²) in [5.74, 6) is 0.442. The highest BCUT2D eigenvalue weighted by Gasteiger charge is 2.35. The summed E-state index contributed by atoms with van der Waals surface area (Å²) >= 11 is 0.857. The van der Waals surface area contributed by atoms with Crippen molar-refractivity contribution in [1.82, 2.24) is 4.90 Å². The number of carbonyl (C=O) groups excluding carboxylic acids is 2. The van der Waals surface area contributed by atoms with Crippen LogP contribution in [-0.4, -0.2) is 21.0 Å². The molecule has 7 nitrogen and oxygen atoms in total. The van der Waals surface area contributed by atoms with Gasteiger partial charge in [-0.2, -0.15) is 0 Å². The molecule has 1 aliphatic heterocycles. The maximum absolute atomic E-state index is 12.6. The number of nitro groups is 1. The Morgan fingerprint density at radius 3 is 2.59 bits per heavy atom. The minimum atomic E-state index is -0.476. The normalized spacial score (nSPS) is 15.3. The number of nitro benzene ring substituents is 1. The van der Waals surface area contributed by atoms with Crippen LogP contribution >= 0.6 is 11.8 Å². The first-order chi connectivity index (χ1) is 14.0. The Morgan fingerprint density at radius 2 is 1.83 bits per heavy atom. The molecule has 29 heavy (non-hydrogen) atoms. The number of hydrogen-bond acceptors (Lipinski definition) is 6. The monoisotopic (exact) mass is 406 g/mol. The zero-order valence-corrected chi connectivity index (χ0v) is 15.8. The van der Waals surface area contributed by atoms with Crippen molar-refractivity contribution in [3.8, 4) is 11.3 Å². The van der Waals surface area contributed by atoms with Crippen molar-refractivity contribution in [2.75, 3.05) is 0 Å². The van der Waals surface area contributed by atoms with E-state index in [1.54, 1.807) is 24.3 Å². The van der Waals surface area contributed by atoms with E-state index in [2.05, 4.69) is 0 Å². The summed E-state index contributed by atoms with van der Waals surface area (Å²) in [6.45, 7) is 0.208. The lowest BCUT2D eigenvalue weighted by Gasteiger charge is -2.11. The van der Waals surface area contributed by atoms with Crippen LogP contribution in [0.1, 0.15) is 11.3 Å². The van der Waals surface area contributed by atoms with Gasteiger partial charge in [0.25, 0.3) is 16.8 Å². The number of thioether (sulfide) groups is 1. The second kappa shape index (κ2) is 7.76. The number of rotatable bonds is 5. The molecule has 144 valence electrons. The van der Waals surface area contributed by atoms with Crippen LogP contribution in [0.5, 0.6) is 0 Å². The number of carbonyl (C=O) groups is 2. The predicted molar refractivity (Wildman–Crippen MR) is 109 cm³/mol. The van der Waals surface area contributed by atoms with Gasteiger partial charge >= 0.3 is 0 Å². The molecule has 2 aromatic carbocycles. The van der Waals surface area contributed by atoms with Crippen molar-refractivity contribution >= 4 is 34.7 Å². The topological polar surface area (TPSA) is 93.7 Å². The number of hydrogen-bond donors (Lipinski definition) is 0. The molecule has 1 aliphatic rings. The smallest absolute Gasteiger partial charge is 0.293 e. The van der Waals surface area contributed by atoms with Gasteiger partial charge in [0.1, 0.15) is 11.5 Å². The van der Waals surface area contributed by atoms with E-state index in [9.17, 15) is 19.7 Å². The number of amides is 2. The van der Waals surface area contributed by atoms with Crippen LogP contribution in [0.25, 0.3) is 17.4 Å². The maximum Gasteiger partial charge on any atom is 0.293 e. The third-order valence-electron chi connectivity index (χ3n) is 4.30. The van der Waals surface area contributed by atoms with Crippen molar-refractivity contribution in [3.63, 3.8) is 0 Å². The van der Waals surface area contributed by atoms with Crippen molar-refractivity contribution in [2.24, 2.45) is 0 Å². The Hall–Kier alpha value is -3.65. The molecule has 1 aromatic heterocycles. The van der Waals surface area contributed by atoms with E-state index in [0.29, 0.717) is 17.1 Å². The summed E-state index contributed by atoms with van der Waals surface area (Å²) in [4.78, 5) is 36.8. The molecule has 0 bridgehead atoms. The highest BCUT2D eigenvalue weighted by molar-refractivity contribution is 8.18. The predicted octanol–water partition coefficient (Wildman–Crippen LogP) is 5.09. The molecule has 1 saturated heterocycles. The summed E-state index contributed by atoms with van der Waals surface area (Å²) in [6, 6.07) is 18.7. The fourth-order valence-corrected chi connectivity index (χ4v) is 3.71. The van der Waals surface area contributed by atoms with Crippen molar-refractivity contribution in [2.45, 2.75) is 6.54 Å². The number of imide groups is 1. The van der Waals surface area contributed by atoms with Crippen molar-refractivity contribution in [1.29, 1.82) is 0 Å². The molecular formula is C21H14N2O5S. The van der Waals surface area contributed by atoms with E-state index in [-0.39, 0.29) is 28.3 Å². The third kappa shape index (κ3) is 3.97. The molecule has 0 radical (unpaired) electrons. The minimum Gasteiger partial charge on any atom is -0.457 e. The molecule has 4 rings (SSSR count). The van der Waals surface area contributed by atoms with Crippen LogP contribution in [0.2, 0.25) is 0 Å². The summed E-state index contributed by atoms with van der Waals surface area (Å²) in [5.41, 5.74) is 1.38. The van der Waals surface area contributed by atoms with Gasteiger partial charge in [-0.25, -0.2) is 0 Å². The van der Waals surface area contributed by atoms with E-state index in [4.69, 9.17) is 4.42 Å². The van der Waals surface area contributed by atoms with Gasteiger partial charge in [0.15, 0.2) is 0 Å². The maximum atomic E-state index is 12.6. The molecule has 2 amide bonds. The molecule has 0 spiro atoms. The lowest BCUT2D eigenvalue weighted by Crippen LogP contribution is -2.27. The largest absolute Gasteiger partial charge is 0.457 e. The Morgan fingerprint density at radius 1 is 1.03 bits per heavy atom. The molecule has 2 heterocycles. The summed E-state index contributed by atoms with van der Waals surface area (Å²) in [6.07, 6.45) is 1.51. The standard InChI is InChI=1S/C21H14N2O5S/c24-20-19(29-21(25)22(20)13-14-5-2-1-3-6-14)12-17-9-10-18(28-17)15-7-4-8-16(11-15)23(26)27/h1-12H,13H2/b19-12-. The van der Waals surface area contributed by atoms with Gasteiger partial charge in [-0.05, 0) is 29.5 Å². The Labute approximate surface area is 169 Å². The van der Waals surface area contributed by atoms with Crippen LogP contribution in [0.15, 0.2) is 76.1 Å². The van der Waals surface area contributed by atoms with Crippen LogP contribution in [-0.2, 0) is 11.3 Å². The van der Waals surface area contributed by atoms with Crippen molar-refractivity contribution < 1.29 is 18.9 Å². The Bertz CT molecular complexity index is 1140. The van der Waals surface area contributed by atoms with Gasteiger partial charge in [0.2, 0.25) is 0 Å². The molecule has 1 fully saturated rings. The molecule has 0 saturated carbocycles. The Kier molecular flexibility index (Phi) is 5.01. The van der Waals surface area contributed by atoms with E-state index >= 15 is 0 Å². The molecule has 3 aromatic rings. The average Bonchev–Trinajstić information content (AvgIpc) is 3.29. The molecule has 0 atom stereocenters. The SMILES string of the molecule is O=C1S/C(=C\c2ccc(-c3cccc([N+](=O)[O-])c3)o2)C(=O)N1Cc1ccccc1. The molecular weight excluding hydrogens is 392 g/mol. The highest BCUT2D eigenvalue weighted by Crippen LogP contribution is 2.34. The van der Waals surface area contributed by atoms with Gasteiger partial charge in [0.05, 0.1) is 16.4 Å². The zero-order valence-electron chi connectivity index (χ0n) is 15.0. The molecule has 0 N–H and O–H groups in total. The first-order valence-electron chi connectivity index (χ1n) is 8.65. The van der Waals surface area contributed by atoms with Crippen LogP contribution in [0.4, 0.5) is 10.5 Å². The Balaban J connectivity index is 1.55. The van der Waals surface area contributed by atoms with E-state index < -0.39 is 4.92 Å². The second-order valence-corrected chi connectivity index (χ2v) is 7.26. The molecule has 0 unspecified atom stereocenters. The lowest BCUT2D eigenvalue weighted by molar-refractivity contribution is -0.384. The second-order valence-electron chi connectivity index (χ2n) is 6.26. The summed E-state index contributed by atoms with van der Waals surface area (Å²) in [7, 11) is 0. The number of nitrogens with zero attached hydrogens (tertiary/aromatic N) is 2. The number of benzene rings is 2. The van der Waals surface area contributed by atoms with E-state index in [1.807, 2.05) is 30.3 Å². The van der Waals surface area contributed by atoms with Crippen LogP contribution < -0.4 is 0 Å². The van der Waals surface area contributed by atoms with Gasteiger partial charge in [-0.1, -0.05) is 42.5 Å². The summed E-state index contributed by atoms with van der Waals surface area (Å²) < 4.78 is 5.71. The fraction of sp³-hybridized carbons (Fsp3) is 0.0476. The fourth-order valence-electron chi connectivity index (χ4n) is 2.89. The van der Waals surface area contributed by atoms with E-state index in [0.717, 1.165) is 17.3 Å². The minimum absolute atomic E-state index is 0.0394. The first-order valence-corrected chi connectivity index (χ1v) is 9.47. The first kappa shape index (κ1) is 18.7. The molecule has 0 aliphatic carbocycles. The zero-order chi connectivity index (χ0) is 20.4. The number of non-ortho nitro benzene ring substituents is 1. The van der Waals surface area contributed by atoms with Crippen LogP contribution in [0.3, 0.4) is 0 Å². The van der Waals surface area contributed by atoms with Crippen molar-refractivity contribution in [3.05, 3.63) is 93.1 Å². The quantitative estimate of drug-likeness (QED) is 0.333. The summed E-state index contributed by atoms with van der Waals surface area (Å²) in [5, 5.41) is 10.6. The van der Waals surface area contributed by atoms with Gasteiger partial charge in [-0.3, -0.25) is 24.6 Å². The van der Waals surface area contributed by atoms with Gasteiger partial charge in [0, 0.05) is 23.8 Å². The highest BCUT2D eigenvalue weighted by atomic mass is 32.2. The third-order valence-corrected chi connectivity index (χ3v) is 5.21. The van der Waals surface area contributed by atoms with Gasteiger partial charge < -0.3 is 4.42 Å². The lowest BCUT2D eigenvalue weighted by atomic mass is 10.1.